The molecule has 2 aromatic rings. The molecular formula is C29H39N3O7. The molecule has 0 saturated carbocycles. The highest BCUT2D eigenvalue weighted by atomic mass is 16.5. The van der Waals surface area contributed by atoms with Gasteiger partial charge in [-0.1, -0.05) is 24.3 Å². The summed E-state index contributed by atoms with van der Waals surface area (Å²) < 4.78 is 11.3. The van der Waals surface area contributed by atoms with Crippen LogP contribution in [0.3, 0.4) is 0 Å². The number of benzene rings is 2. The van der Waals surface area contributed by atoms with E-state index >= 15 is 0 Å². The number of hydrogen-bond acceptors (Lipinski definition) is 7. The molecule has 10 heteroatoms. The Hall–Kier alpha value is -3.79. The summed E-state index contributed by atoms with van der Waals surface area (Å²) in [6, 6.07) is 16.6. The summed E-state index contributed by atoms with van der Waals surface area (Å²) in [6.45, 7) is 11.5. The van der Waals surface area contributed by atoms with Crippen LogP contribution in [0.15, 0.2) is 48.5 Å². The van der Waals surface area contributed by atoms with Gasteiger partial charge in [0.05, 0.1) is 18.9 Å². The maximum atomic E-state index is 13.2. The van der Waals surface area contributed by atoms with Crippen LogP contribution >= 0.6 is 0 Å². The number of carboxylic acid groups (broad SMARTS) is 2. The number of amides is 1. The highest BCUT2D eigenvalue weighted by Gasteiger charge is 2.31. The Morgan fingerprint density at radius 3 is 1.95 bits per heavy atom. The molecule has 1 amide bonds. The summed E-state index contributed by atoms with van der Waals surface area (Å²) >= 11 is 0. The van der Waals surface area contributed by atoms with Crippen LogP contribution in [0.4, 0.5) is 5.69 Å². The molecule has 39 heavy (non-hydrogen) atoms. The van der Waals surface area contributed by atoms with Gasteiger partial charge in [0.1, 0.15) is 11.5 Å². The standard InChI is InChI=1S/C27H37N3O3.C2H2O4/c1-3-32-24-11-9-22(10-12-24)21-28-15-13-23(14-16-28)27(31)30-19-17-29(18-20-30)25-7-5-6-8-26(25)33-4-2;3-1(4)2(5)6/h5-12,23H,3-4,13-21H2,1-2H3;(H,3,4)(H,5,6). The molecule has 2 aromatic carbocycles. The second-order valence-electron chi connectivity index (χ2n) is 9.45. The van der Waals surface area contributed by atoms with Gasteiger partial charge in [0.25, 0.3) is 0 Å². The third-order valence-electron chi connectivity index (χ3n) is 6.86. The maximum absolute atomic E-state index is 13.2. The fourth-order valence-electron chi connectivity index (χ4n) is 4.88. The van der Waals surface area contributed by atoms with Crippen LogP contribution in [-0.4, -0.2) is 90.3 Å². The van der Waals surface area contributed by atoms with E-state index in [9.17, 15) is 4.79 Å². The van der Waals surface area contributed by atoms with Crippen molar-refractivity contribution in [2.24, 2.45) is 5.92 Å². The van der Waals surface area contributed by atoms with Crippen LogP contribution < -0.4 is 14.4 Å². The first-order valence-electron chi connectivity index (χ1n) is 13.5. The number of nitrogens with zero attached hydrogens (tertiary/aromatic N) is 3. The van der Waals surface area contributed by atoms with Gasteiger partial charge in [-0.3, -0.25) is 9.69 Å². The van der Waals surface area contributed by atoms with Gasteiger partial charge in [-0.05, 0) is 69.6 Å². The lowest BCUT2D eigenvalue weighted by Crippen LogP contribution is -2.51. The summed E-state index contributed by atoms with van der Waals surface area (Å²) in [6.07, 6.45) is 1.90. The van der Waals surface area contributed by atoms with Crippen molar-refractivity contribution in [3.05, 3.63) is 54.1 Å². The average molecular weight is 542 g/mol. The number of carboxylic acids is 2. The van der Waals surface area contributed by atoms with E-state index in [1.54, 1.807) is 0 Å². The van der Waals surface area contributed by atoms with Crippen molar-refractivity contribution in [1.82, 2.24) is 9.80 Å². The predicted octanol–water partition coefficient (Wildman–Crippen LogP) is 3.20. The van der Waals surface area contributed by atoms with E-state index in [-0.39, 0.29) is 5.92 Å². The number of piperidine rings is 1. The molecule has 2 heterocycles. The van der Waals surface area contributed by atoms with Crippen molar-refractivity contribution in [2.75, 3.05) is 57.4 Å². The number of carbonyl (C=O) groups is 3. The maximum Gasteiger partial charge on any atom is 0.414 e. The third kappa shape index (κ3) is 8.88. The Bertz CT molecular complexity index is 1060. The van der Waals surface area contributed by atoms with Gasteiger partial charge in [0.2, 0.25) is 5.91 Å². The number of carbonyl (C=O) groups excluding carboxylic acids is 1. The van der Waals surface area contributed by atoms with Crippen molar-refractivity contribution in [1.29, 1.82) is 0 Å². The van der Waals surface area contributed by atoms with E-state index in [1.807, 2.05) is 38.1 Å². The number of hydrogen-bond donors (Lipinski definition) is 2. The molecule has 4 rings (SSSR count). The van der Waals surface area contributed by atoms with Crippen LogP contribution in [0.5, 0.6) is 11.5 Å². The van der Waals surface area contributed by atoms with Crippen LogP contribution in [0.25, 0.3) is 0 Å². The summed E-state index contributed by atoms with van der Waals surface area (Å²) in [7, 11) is 0. The van der Waals surface area contributed by atoms with Gasteiger partial charge >= 0.3 is 11.9 Å². The molecule has 2 aliphatic rings. The first-order valence-corrected chi connectivity index (χ1v) is 13.5. The number of rotatable bonds is 8. The van der Waals surface area contributed by atoms with Crippen molar-refractivity contribution in [3.8, 4) is 11.5 Å². The van der Waals surface area contributed by atoms with E-state index in [4.69, 9.17) is 29.3 Å². The monoisotopic (exact) mass is 541 g/mol. The molecule has 2 saturated heterocycles. The molecule has 0 atom stereocenters. The van der Waals surface area contributed by atoms with E-state index in [1.165, 1.54) is 5.56 Å². The third-order valence-corrected chi connectivity index (χ3v) is 6.86. The van der Waals surface area contributed by atoms with Crippen molar-refractivity contribution in [2.45, 2.75) is 33.2 Å². The lowest BCUT2D eigenvalue weighted by atomic mass is 9.94. The summed E-state index contributed by atoms with van der Waals surface area (Å²) in [5.41, 5.74) is 2.43. The molecule has 2 aliphatic heterocycles. The fourth-order valence-corrected chi connectivity index (χ4v) is 4.88. The van der Waals surface area contributed by atoms with Crippen molar-refractivity contribution < 1.29 is 34.1 Å². The highest BCUT2D eigenvalue weighted by Crippen LogP contribution is 2.29. The Labute approximate surface area is 229 Å². The van der Waals surface area contributed by atoms with E-state index < -0.39 is 11.9 Å². The summed E-state index contributed by atoms with van der Waals surface area (Å²) in [5.74, 6) is -1.30. The first kappa shape index (κ1) is 29.8. The van der Waals surface area contributed by atoms with Gasteiger partial charge in [-0.15, -0.1) is 0 Å². The second-order valence-corrected chi connectivity index (χ2v) is 9.45. The molecule has 0 spiro atoms. The number of anilines is 1. The van der Waals surface area contributed by atoms with E-state index in [0.29, 0.717) is 19.1 Å². The lowest BCUT2D eigenvalue weighted by molar-refractivity contribution is -0.159. The lowest BCUT2D eigenvalue weighted by Gasteiger charge is -2.39. The normalized spacial score (nSPS) is 16.2. The molecule has 0 aliphatic carbocycles. The fraction of sp³-hybridized carbons (Fsp3) is 0.483. The summed E-state index contributed by atoms with van der Waals surface area (Å²) in [5, 5.41) is 14.8. The SMILES string of the molecule is CCOc1ccc(CN2CCC(C(=O)N3CCN(c4ccccc4OCC)CC3)CC2)cc1.O=C(O)C(=O)O. The quantitative estimate of drug-likeness (QED) is 0.486. The molecule has 2 fully saturated rings. The van der Waals surface area contributed by atoms with E-state index in [0.717, 1.165) is 75.8 Å². The van der Waals surface area contributed by atoms with Crippen LogP contribution in [0, 0.1) is 5.92 Å². The van der Waals surface area contributed by atoms with Gasteiger partial charge in [0, 0.05) is 38.6 Å². The molecule has 0 radical (unpaired) electrons. The van der Waals surface area contributed by atoms with Crippen molar-refractivity contribution >= 4 is 23.5 Å². The van der Waals surface area contributed by atoms with Gasteiger partial charge in [-0.25, -0.2) is 9.59 Å². The Morgan fingerprint density at radius 1 is 0.795 bits per heavy atom. The van der Waals surface area contributed by atoms with Crippen LogP contribution in [-0.2, 0) is 20.9 Å². The largest absolute Gasteiger partial charge is 0.494 e. The zero-order chi connectivity index (χ0) is 28.2. The number of para-hydroxylation sites is 2. The van der Waals surface area contributed by atoms with Crippen LogP contribution in [0.2, 0.25) is 0 Å². The minimum absolute atomic E-state index is 0.156. The van der Waals surface area contributed by atoms with Gasteiger partial charge < -0.3 is 29.5 Å². The Kier molecular flexibility index (Phi) is 11.4. The van der Waals surface area contributed by atoms with Crippen LogP contribution in [0.1, 0.15) is 32.3 Å². The smallest absolute Gasteiger partial charge is 0.414 e. The molecule has 2 N–H and O–H groups in total. The first-order chi connectivity index (χ1) is 18.8. The number of piperazine rings is 1. The predicted molar refractivity (Wildman–Crippen MR) is 147 cm³/mol. The molecule has 212 valence electrons. The molecule has 0 aromatic heterocycles. The van der Waals surface area contributed by atoms with Gasteiger partial charge in [-0.2, -0.15) is 0 Å². The molecule has 0 bridgehead atoms. The minimum atomic E-state index is -1.82. The van der Waals surface area contributed by atoms with E-state index in [2.05, 4.69) is 39.0 Å². The zero-order valence-electron chi connectivity index (χ0n) is 22.8. The highest BCUT2D eigenvalue weighted by molar-refractivity contribution is 6.27. The number of ether oxygens (including phenoxy) is 2. The topological polar surface area (TPSA) is 120 Å². The average Bonchev–Trinajstić information content (AvgIpc) is 2.95. The minimum Gasteiger partial charge on any atom is -0.494 e. The van der Waals surface area contributed by atoms with Crippen molar-refractivity contribution in [3.63, 3.8) is 0 Å². The molecular weight excluding hydrogens is 502 g/mol. The molecule has 10 nitrogen and oxygen atoms in total. The number of aliphatic carboxylic acids is 2. The Balaban J connectivity index is 0.000000631. The second kappa shape index (κ2) is 15.0. The summed E-state index contributed by atoms with van der Waals surface area (Å²) in [4.78, 5) is 38.3. The Morgan fingerprint density at radius 2 is 1.38 bits per heavy atom. The van der Waals surface area contributed by atoms with Gasteiger partial charge in [0.15, 0.2) is 0 Å². The zero-order valence-corrected chi connectivity index (χ0v) is 22.8. The molecule has 0 unspecified atom stereocenters. The number of likely N-dealkylation sites (tertiary alicyclic amines) is 1.